The number of hydrogen-bond acceptors (Lipinski definition) is 3. The maximum Gasteiger partial charge on any atom is 0.109 e. The van der Waals surface area contributed by atoms with Gasteiger partial charge in [0.25, 0.3) is 0 Å². The fourth-order valence-electron chi connectivity index (χ4n) is 1.23. The molecule has 3 heteroatoms. The first kappa shape index (κ1) is 11.0. The van der Waals surface area contributed by atoms with Crippen LogP contribution in [0.5, 0.6) is 0 Å². The second kappa shape index (κ2) is 3.98. The van der Waals surface area contributed by atoms with Gasteiger partial charge >= 0.3 is 0 Å². The van der Waals surface area contributed by atoms with Gasteiger partial charge in [0.2, 0.25) is 0 Å². The van der Waals surface area contributed by atoms with E-state index in [1.807, 2.05) is 40.1 Å². The van der Waals surface area contributed by atoms with E-state index in [4.69, 9.17) is 10.7 Å². The summed E-state index contributed by atoms with van der Waals surface area (Å²) in [6.07, 6.45) is 0. The molecule has 3 nitrogen and oxygen atoms in total. The Morgan fingerprint density at radius 3 is 2.43 bits per heavy atom. The van der Waals surface area contributed by atoms with Crippen LogP contribution >= 0.6 is 0 Å². The van der Waals surface area contributed by atoms with Crippen LogP contribution in [0.25, 0.3) is 0 Å². The van der Waals surface area contributed by atoms with E-state index < -0.39 is 5.60 Å². The van der Waals surface area contributed by atoms with Gasteiger partial charge in [-0.05, 0) is 31.5 Å². The second-order valence-corrected chi connectivity index (χ2v) is 4.07. The standard InChI is InChI=1S/C11H18N2O/c1-11(2,14-12)9-6-5-7-10(8-9)13(3)4/h5-8H,12H2,1-4H3. The van der Waals surface area contributed by atoms with Crippen molar-refractivity contribution in [1.82, 2.24) is 0 Å². The number of nitrogens with two attached hydrogens (primary N) is 1. The van der Waals surface area contributed by atoms with Crippen molar-refractivity contribution in [3.8, 4) is 0 Å². The maximum absolute atomic E-state index is 5.25. The molecule has 0 bridgehead atoms. The molecule has 0 heterocycles. The average molecular weight is 194 g/mol. The molecule has 78 valence electrons. The molecule has 1 rings (SSSR count). The first-order valence-electron chi connectivity index (χ1n) is 4.63. The zero-order valence-electron chi connectivity index (χ0n) is 9.24. The third-order valence-electron chi connectivity index (χ3n) is 2.35. The third-order valence-corrected chi connectivity index (χ3v) is 2.35. The Bertz CT molecular complexity index is 308. The summed E-state index contributed by atoms with van der Waals surface area (Å²) in [5.74, 6) is 5.25. The monoisotopic (exact) mass is 194 g/mol. The van der Waals surface area contributed by atoms with Crippen molar-refractivity contribution in [2.24, 2.45) is 5.90 Å². The van der Waals surface area contributed by atoms with Crippen molar-refractivity contribution in [2.75, 3.05) is 19.0 Å². The number of anilines is 1. The van der Waals surface area contributed by atoms with Gasteiger partial charge in [0, 0.05) is 19.8 Å². The maximum atomic E-state index is 5.25. The van der Waals surface area contributed by atoms with Gasteiger partial charge in [-0.2, -0.15) is 0 Å². The fraction of sp³-hybridized carbons (Fsp3) is 0.455. The lowest BCUT2D eigenvalue weighted by Crippen LogP contribution is -2.25. The van der Waals surface area contributed by atoms with E-state index in [9.17, 15) is 0 Å². The molecule has 0 saturated carbocycles. The van der Waals surface area contributed by atoms with Gasteiger partial charge < -0.3 is 4.90 Å². The van der Waals surface area contributed by atoms with E-state index in [0.717, 1.165) is 11.3 Å². The third kappa shape index (κ3) is 2.25. The molecule has 0 amide bonds. The summed E-state index contributed by atoms with van der Waals surface area (Å²) in [4.78, 5) is 6.99. The number of hydrogen-bond donors (Lipinski definition) is 1. The lowest BCUT2D eigenvalue weighted by atomic mass is 9.98. The van der Waals surface area contributed by atoms with Gasteiger partial charge in [0.1, 0.15) is 5.60 Å². The van der Waals surface area contributed by atoms with E-state index >= 15 is 0 Å². The molecule has 0 radical (unpaired) electrons. The minimum atomic E-state index is -0.438. The number of nitrogens with zero attached hydrogens (tertiary/aromatic N) is 1. The van der Waals surface area contributed by atoms with E-state index in [1.165, 1.54) is 0 Å². The molecule has 0 aliphatic carbocycles. The van der Waals surface area contributed by atoms with Gasteiger partial charge in [-0.3, -0.25) is 4.84 Å². The Kier molecular flexibility index (Phi) is 3.13. The summed E-state index contributed by atoms with van der Waals surface area (Å²) < 4.78 is 0. The van der Waals surface area contributed by atoms with Crippen LogP contribution in [0.15, 0.2) is 24.3 Å². The molecule has 0 fully saturated rings. The van der Waals surface area contributed by atoms with E-state index in [0.29, 0.717) is 0 Å². The largest absolute Gasteiger partial charge is 0.378 e. The second-order valence-electron chi connectivity index (χ2n) is 4.07. The summed E-state index contributed by atoms with van der Waals surface area (Å²) in [6, 6.07) is 8.15. The minimum absolute atomic E-state index is 0.438. The molecule has 1 aromatic rings. The van der Waals surface area contributed by atoms with Crippen LogP contribution < -0.4 is 10.8 Å². The lowest BCUT2D eigenvalue weighted by molar-refractivity contribution is -0.0235. The molecule has 1 aromatic carbocycles. The summed E-state index contributed by atoms with van der Waals surface area (Å²) >= 11 is 0. The summed E-state index contributed by atoms with van der Waals surface area (Å²) in [7, 11) is 4.02. The van der Waals surface area contributed by atoms with Gasteiger partial charge in [-0.15, -0.1) is 0 Å². The van der Waals surface area contributed by atoms with Crippen LogP contribution in [0.4, 0.5) is 5.69 Å². The molecule has 0 aliphatic heterocycles. The Hall–Kier alpha value is -1.06. The smallest absolute Gasteiger partial charge is 0.109 e. The topological polar surface area (TPSA) is 38.5 Å². The Morgan fingerprint density at radius 2 is 1.93 bits per heavy atom. The lowest BCUT2D eigenvalue weighted by Gasteiger charge is -2.24. The van der Waals surface area contributed by atoms with Crippen LogP contribution in [-0.4, -0.2) is 14.1 Å². The highest BCUT2D eigenvalue weighted by molar-refractivity contribution is 5.48. The van der Waals surface area contributed by atoms with Crippen LogP contribution in [0.3, 0.4) is 0 Å². The van der Waals surface area contributed by atoms with Gasteiger partial charge in [0.05, 0.1) is 0 Å². The van der Waals surface area contributed by atoms with Crippen molar-refractivity contribution < 1.29 is 4.84 Å². The first-order chi connectivity index (χ1) is 6.47. The normalized spacial score (nSPS) is 11.5. The zero-order valence-corrected chi connectivity index (χ0v) is 9.24. The van der Waals surface area contributed by atoms with Crippen LogP contribution in [0, 0.1) is 0 Å². The summed E-state index contributed by atoms with van der Waals surface area (Å²) in [5, 5.41) is 0. The number of rotatable bonds is 3. The Balaban J connectivity index is 3.05. The highest BCUT2D eigenvalue weighted by atomic mass is 16.6. The predicted octanol–water partition coefficient (Wildman–Crippen LogP) is 1.88. The van der Waals surface area contributed by atoms with Crippen LogP contribution in [0.1, 0.15) is 19.4 Å². The average Bonchev–Trinajstić information content (AvgIpc) is 2.18. The van der Waals surface area contributed by atoms with Crippen molar-refractivity contribution in [3.05, 3.63) is 29.8 Å². The SMILES string of the molecule is CN(C)c1cccc(C(C)(C)ON)c1. The molecule has 0 spiro atoms. The van der Waals surface area contributed by atoms with Gasteiger partial charge in [-0.1, -0.05) is 12.1 Å². The Morgan fingerprint density at radius 1 is 1.29 bits per heavy atom. The van der Waals surface area contributed by atoms with Crippen molar-refractivity contribution in [3.63, 3.8) is 0 Å². The quantitative estimate of drug-likeness (QED) is 0.747. The summed E-state index contributed by atoms with van der Waals surface area (Å²) in [6.45, 7) is 3.89. The Labute approximate surface area is 85.4 Å². The molecular formula is C11H18N2O. The van der Waals surface area contributed by atoms with Crippen molar-refractivity contribution >= 4 is 5.69 Å². The minimum Gasteiger partial charge on any atom is -0.378 e. The fourth-order valence-corrected chi connectivity index (χ4v) is 1.23. The zero-order chi connectivity index (χ0) is 10.8. The van der Waals surface area contributed by atoms with Crippen LogP contribution in [0.2, 0.25) is 0 Å². The molecule has 2 N–H and O–H groups in total. The summed E-state index contributed by atoms with van der Waals surface area (Å²) in [5.41, 5.74) is 1.78. The molecule has 0 atom stereocenters. The molecule has 0 saturated heterocycles. The van der Waals surface area contributed by atoms with Crippen LogP contribution in [-0.2, 0) is 10.4 Å². The van der Waals surface area contributed by atoms with Gasteiger partial charge in [0.15, 0.2) is 0 Å². The molecule has 0 aromatic heterocycles. The highest BCUT2D eigenvalue weighted by Crippen LogP contribution is 2.25. The molecule has 0 aliphatic rings. The van der Waals surface area contributed by atoms with Crippen molar-refractivity contribution in [2.45, 2.75) is 19.4 Å². The predicted molar refractivity (Wildman–Crippen MR) is 59.1 cm³/mol. The van der Waals surface area contributed by atoms with E-state index in [1.54, 1.807) is 0 Å². The first-order valence-corrected chi connectivity index (χ1v) is 4.63. The number of benzene rings is 1. The van der Waals surface area contributed by atoms with E-state index in [2.05, 4.69) is 17.0 Å². The van der Waals surface area contributed by atoms with Gasteiger partial charge in [-0.25, -0.2) is 5.90 Å². The van der Waals surface area contributed by atoms with E-state index in [-0.39, 0.29) is 0 Å². The molecule has 14 heavy (non-hydrogen) atoms. The molecular weight excluding hydrogens is 176 g/mol. The molecule has 0 unspecified atom stereocenters. The van der Waals surface area contributed by atoms with Crippen molar-refractivity contribution in [1.29, 1.82) is 0 Å². The highest BCUT2D eigenvalue weighted by Gasteiger charge is 2.20.